The number of nitrogens with zero attached hydrogens (tertiary/aromatic N) is 1. The van der Waals surface area contributed by atoms with Crippen molar-refractivity contribution < 1.29 is 28.6 Å². The van der Waals surface area contributed by atoms with Crippen LogP contribution in [0.25, 0.3) is 0 Å². The summed E-state index contributed by atoms with van der Waals surface area (Å²) >= 11 is 0. The van der Waals surface area contributed by atoms with Gasteiger partial charge < -0.3 is 14.2 Å². The number of rotatable bonds is 2. The number of ether oxygens (including phenoxy) is 3. The Kier molecular flexibility index (Phi) is 4.14. The van der Waals surface area contributed by atoms with Gasteiger partial charge in [-0.05, 0) is 6.07 Å². The van der Waals surface area contributed by atoms with Gasteiger partial charge in [-0.2, -0.15) is 0 Å². The van der Waals surface area contributed by atoms with Crippen molar-refractivity contribution in [3.05, 3.63) is 65.7 Å². The third-order valence-electron chi connectivity index (χ3n) is 3.97. The standard InChI is InChI=1S/C18H15NO6/c1-23-16(21)19-14-11-7-6-10-13(14)18(15(19)20,25-17(22)24-2)12-8-4-3-5-9-12/h3-11H,1-2H3. The number of para-hydroxylation sites is 1. The Balaban J connectivity index is 2.29. The van der Waals surface area contributed by atoms with Crippen LogP contribution in [0.15, 0.2) is 54.6 Å². The molecule has 0 fully saturated rings. The number of amides is 2. The smallest absolute Gasteiger partial charge is 0.452 e. The second-order valence-corrected chi connectivity index (χ2v) is 5.23. The van der Waals surface area contributed by atoms with Crippen molar-refractivity contribution >= 4 is 23.8 Å². The summed E-state index contributed by atoms with van der Waals surface area (Å²) in [6, 6.07) is 15.0. The third-order valence-corrected chi connectivity index (χ3v) is 3.97. The zero-order valence-corrected chi connectivity index (χ0v) is 13.6. The molecule has 1 unspecified atom stereocenters. The third kappa shape index (κ3) is 2.40. The van der Waals surface area contributed by atoms with Crippen molar-refractivity contribution in [3.8, 4) is 0 Å². The van der Waals surface area contributed by atoms with Crippen LogP contribution in [0.5, 0.6) is 0 Å². The number of imide groups is 1. The zero-order valence-electron chi connectivity index (χ0n) is 13.6. The van der Waals surface area contributed by atoms with Crippen LogP contribution in [0.4, 0.5) is 15.3 Å². The number of carbonyl (C=O) groups is 3. The first-order chi connectivity index (χ1) is 12.1. The maximum atomic E-state index is 13.2. The van der Waals surface area contributed by atoms with E-state index in [1.807, 2.05) is 0 Å². The van der Waals surface area contributed by atoms with Crippen LogP contribution in [0.2, 0.25) is 0 Å². The highest BCUT2D eigenvalue weighted by Gasteiger charge is 2.58. The molecule has 1 aliphatic rings. The van der Waals surface area contributed by atoms with E-state index in [0.717, 1.165) is 12.0 Å². The Hall–Kier alpha value is -3.35. The summed E-state index contributed by atoms with van der Waals surface area (Å²) in [5.41, 5.74) is -0.808. The summed E-state index contributed by atoms with van der Waals surface area (Å²) in [7, 11) is 2.31. The van der Waals surface area contributed by atoms with Gasteiger partial charge in [0.1, 0.15) is 0 Å². The molecule has 2 aromatic rings. The van der Waals surface area contributed by atoms with Crippen LogP contribution in [0.3, 0.4) is 0 Å². The Morgan fingerprint density at radius 3 is 2.20 bits per heavy atom. The maximum Gasteiger partial charge on any atom is 0.509 e. The molecule has 7 nitrogen and oxygen atoms in total. The number of methoxy groups -OCH3 is 2. The SMILES string of the molecule is COC(=O)OC1(c2ccccc2)C(=O)N(C(=O)OC)c2ccccc21. The van der Waals surface area contributed by atoms with Crippen LogP contribution < -0.4 is 4.90 Å². The van der Waals surface area contributed by atoms with E-state index in [2.05, 4.69) is 4.74 Å². The van der Waals surface area contributed by atoms with E-state index in [9.17, 15) is 14.4 Å². The van der Waals surface area contributed by atoms with E-state index in [4.69, 9.17) is 9.47 Å². The molecule has 0 spiro atoms. The highest BCUT2D eigenvalue weighted by atomic mass is 16.7. The van der Waals surface area contributed by atoms with Crippen molar-refractivity contribution in [2.75, 3.05) is 19.1 Å². The van der Waals surface area contributed by atoms with Gasteiger partial charge >= 0.3 is 12.2 Å². The first kappa shape index (κ1) is 16.5. The average Bonchev–Trinajstić information content (AvgIpc) is 2.91. The molecule has 3 rings (SSSR count). The molecule has 0 saturated carbocycles. The molecule has 128 valence electrons. The van der Waals surface area contributed by atoms with Crippen LogP contribution in [-0.2, 0) is 24.6 Å². The second kappa shape index (κ2) is 6.27. The summed E-state index contributed by atoms with van der Waals surface area (Å²) in [6.45, 7) is 0. The Morgan fingerprint density at radius 1 is 0.920 bits per heavy atom. The molecule has 1 aliphatic heterocycles. The lowest BCUT2D eigenvalue weighted by atomic mass is 9.87. The summed E-state index contributed by atoms with van der Waals surface area (Å²) in [5, 5.41) is 0. The molecule has 2 aromatic carbocycles. The van der Waals surface area contributed by atoms with Gasteiger partial charge in [-0.25, -0.2) is 14.5 Å². The van der Waals surface area contributed by atoms with Crippen molar-refractivity contribution in [2.24, 2.45) is 0 Å². The van der Waals surface area contributed by atoms with Crippen LogP contribution in [0, 0.1) is 0 Å². The fourth-order valence-corrected chi connectivity index (χ4v) is 2.90. The number of benzene rings is 2. The van der Waals surface area contributed by atoms with Crippen LogP contribution >= 0.6 is 0 Å². The number of anilines is 1. The number of carbonyl (C=O) groups excluding carboxylic acids is 3. The van der Waals surface area contributed by atoms with Crippen molar-refractivity contribution in [3.63, 3.8) is 0 Å². The lowest BCUT2D eigenvalue weighted by molar-refractivity contribution is -0.134. The monoisotopic (exact) mass is 341 g/mol. The van der Waals surface area contributed by atoms with Crippen molar-refractivity contribution in [1.82, 2.24) is 0 Å². The molecule has 2 amide bonds. The van der Waals surface area contributed by atoms with Gasteiger partial charge in [0.05, 0.1) is 19.9 Å². The predicted molar refractivity (Wildman–Crippen MR) is 87.0 cm³/mol. The fourth-order valence-electron chi connectivity index (χ4n) is 2.90. The van der Waals surface area contributed by atoms with Crippen molar-refractivity contribution in [2.45, 2.75) is 5.60 Å². The Labute approximate surface area is 143 Å². The van der Waals surface area contributed by atoms with E-state index >= 15 is 0 Å². The molecule has 0 radical (unpaired) electrons. The summed E-state index contributed by atoms with van der Waals surface area (Å²) in [4.78, 5) is 38.2. The molecule has 0 saturated heterocycles. The summed E-state index contributed by atoms with van der Waals surface area (Å²) in [5.74, 6) is -0.753. The minimum Gasteiger partial charge on any atom is -0.452 e. The van der Waals surface area contributed by atoms with E-state index in [1.165, 1.54) is 7.11 Å². The van der Waals surface area contributed by atoms with Gasteiger partial charge in [-0.3, -0.25) is 4.79 Å². The second-order valence-electron chi connectivity index (χ2n) is 5.23. The van der Waals surface area contributed by atoms with Crippen LogP contribution in [0.1, 0.15) is 11.1 Å². The molecule has 1 heterocycles. The number of hydrogen-bond donors (Lipinski definition) is 0. The summed E-state index contributed by atoms with van der Waals surface area (Å²) < 4.78 is 14.8. The predicted octanol–water partition coefficient (Wildman–Crippen LogP) is 2.83. The highest BCUT2D eigenvalue weighted by Crippen LogP contribution is 2.47. The lowest BCUT2D eigenvalue weighted by Gasteiger charge is -2.27. The molecule has 0 aromatic heterocycles. The normalized spacial score (nSPS) is 18.5. The quantitative estimate of drug-likeness (QED) is 0.781. The van der Waals surface area contributed by atoms with Gasteiger partial charge in [0, 0.05) is 11.1 Å². The molecule has 0 aliphatic carbocycles. The zero-order chi connectivity index (χ0) is 18.0. The molecule has 7 heteroatoms. The molecular weight excluding hydrogens is 326 g/mol. The van der Waals surface area contributed by atoms with E-state index in [1.54, 1.807) is 54.6 Å². The molecular formula is C18H15NO6. The number of fused-ring (bicyclic) bond motifs is 1. The lowest BCUT2D eigenvalue weighted by Crippen LogP contribution is -2.46. The first-order valence-electron chi connectivity index (χ1n) is 7.40. The first-order valence-corrected chi connectivity index (χ1v) is 7.40. The van der Waals surface area contributed by atoms with Gasteiger partial charge in [0.15, 0.2) is 0 Å². The maximum absolute atomic E-state index is 13.2. The van der Waals surface area contributed by atoms with Gasteiger partial charge in [0.25, 0.3) is 5.91 Å². The fraction of sp³-hybridized carbons (Fsp3) is 0.167. The van der Waals surface area contributed by atoms with Gasteiger partial charge in [-0.1, -0.05) is 48.5 Å². The van der Waals surface area contributed by atoms with Crippen molar-refractivity contribution in [1.29, 1.82) is 0 Å². The molecule has 0 bridgehead atoms. The molecule has 25 heavy (non-hydrogen) atoms. The van der Waals surface area contributed by atoms with E-state index in [0.29, 0.717) is 11.1 Å². The summed E-state index contributed by atoms with van der Waals surface area (Å²) in [6.07, 6.45) is -1.91. The highest BCUT2D eigenvalue weighted by molar-refractivity contribution is 6.22. The minimum atomic E-state index is -1.83. The topological polar surface area (TPSA) is 82.1 Å². The Bertz CT molecular complexity index is 834. The van der Waals surface area contributed by atoms with Crippen LogP contribution in [-0.4, -0.2) is 32.4 Å². The van der Waals surface area contributed by atoms with Gasteiger partial charge in [0.2, 0.25) is 5.60 Å². The molecule has 0 N–H and O–H groups in total. The minimum absolute atomic E-state index is 0.284. The Morgan fingerprint density at radius 2 is 1.56 bits per heavy atom. The molecule has 1 atom stereocenters. The van der Waals surface area contributed by atoms with Gasteiger partial charge in [-0.15, -0.1) is 0 Å². The van der Waals surface area contributed by atoms with E-state index in [-0.39, 0.29) is 5.69 Å². The average molecular weight is 341 g/mol. The number of hydrogen-bond acceptors (Lipinski definition) is 6. The largest absolute Gasteiger partial charge is 0.509 e. The van der Waals surface area contributed by atoms with E-state index < -0.39 is 23.8 Å².